The van der Waals surface area contributed by atoms with Crippen LogP contribution in [0.25, 0.3) is 0 Å². The SMILES string of the molecule is O=C(NCCC(C(O)c1ccc(Cl)cn1)N1CCOC2(CCN(c3ccc(OC(F)(F)F)cc3)C2)C1)c1ccccc1O. The Morgan fingerprint density at radius 3 is 2.58 bits per heavy atom. The number of pyridine rings is 1. The second-order valence-electron chi connectivity index (χ2n) is 10.7. The summed E-state index contributed by atoms with van der Waals surface area (Å²) in [6.45, 7) is 2.80. The number of nitrogens with one attached hydrogen (secondary N) is 1. The van der Waals surface area contributed by atoms with Crippen LogP contribution in [0.5, 0.6) is 11.5 Å². The molecule has 2 aromatic carbocycles. The number of phenols is 1. The fraction of sp³-hybridized carbons (Fsp3) is 0.400. The van der Waals surface area contributed by atoms with Crippen LogP contribution in [0.15, 0.2) is 66.9 Å². The van der Waals surface area contributed by atoms with Gasteiger partial charge < -0.3 is 29.9 Å². The summed E-state index contributed by atoms with van der Waals surface area (Å²) in [4.78, 5) is 21.2. The number of alkyl halides is 3. The summed E-state index contributed by atoms with van der Waals surface area (Å²) in [5.74, 6) is -0.828. The smallest absolute Gasteiger partial charge is 0.507 e. The molecule has 1 aromatic heterocycles. The van der Waals surface area contributed by atoms with E-state index in [1.165, 1.54) is 30.5 Å². The van der Waals surface area contributed by atoms with Crippen LogP contribution in [0.3, 0.4) is 0 Å². The molecule has 2 fully saturated rings. The normalized spacial score (nSPS) is 20.6. The second-order valence-corrected chi connectivity index (χ2v) is 11.1. The zero-order valence-corrected chi connectivity index (χ0v) is 23.9. The van der Waals surface area contributed by atoms with Crippen molar-refractivity contribution in [3.63, 3.8) is 0 Å². The number of aromatic hydroxyl groups is 1. The molecule has 3 N–H and O–H groups in total. The number of morpholine rings is 1. The number of halogens is 4. The number of rotatable bonds is 9. The number of para-hydroxylation sites is 1. The fourth-order valence-electron chi connectivity index (χ4n) is 5.72. The lowest BCUT2D eigenvalue weighted by Crippen LogP contribution is -2.57. The molecule has 3 atom stereocenters. The van der Waals surface area contributed by atoms with Crippen LogP contribution in [0.4, 0.5) is 18.9 Å². The van der Waals surface area contributed by atoms with Gasteiger partial charge in [-0.05, 0) is 61.4 Å². The maximum Gasteiger partial charge on any atom is 0.573 e. The Hall–Kier alpha value is -3.58. The number of amides is 1. The largest absolute Gasteiger partial charge is 0.573 e. The second kappa shape index (κ2) is 13.0. The highest BCUT2D eigenvalue weighted by Crippen LogP contribution is 2.36. The van der Waals surface area contributed by atoms with Crippen LogP contribution in [-0.4, -0.2) is 83.3 Å². The van der Waals surface area contributed by atoms with Crippen molar-refractivity contribution in [1.29, 1.82) is 0 Å². The molecule has 0 saturated carbocycles. The van der Waals surface area contributed by atoms with Crippen molar-refractivity contribution in [2.24, 2.45) is 0 Å². The third-order valence-corrected chi connectivity index (χ3v) is 8.01. The monoisotopic (exact) mass is 620 g/mol. The number of hydrogen-bond donors (Lipinski definition) is 3. The first-order valence-electron chi connectivity index (χ1n) is 13.9. The van der Waals surface area contributed by atoms with Crippen LogP contribution >= 0.6 is 11.6 Å². The highest BCUT2D eigenvalue weighted by molar-refractivity contribution is 6.30. The topological polar surface area (TPSA) is 107 Å². The Morgan fingerprint density at radius 1 is 1.12 bits per heavy atom. The van der Waals surface area contributed by atoms with Crippen molar-refractivity contribution in [2.45, 2.75) is 37.0 Å². The molecule has 0 aliphatic carbocycles. The molecule has 3 heterocycles. The number of carbonyl (C=O) groups excluding carboxylic acids is 1. The van der Waals surface area contributed by atoms with E-state index in [-0.39, 0.29) is 23.6 Å². The van der Waals surface area contributed by atoms with Gasteiger partial charge in [-0.15, -0.1) is 13.2 Å². The van der Waals surface area contributed by atoms with Gasteiger partial charge in [0.05, 0.1) is 28.5 Å². The Kier molecular flexibility index (Phi) is 9.30. The highest BCUT2D eigenvalue weighted by Gasteiger charge is 2.45. The molecule has 0 bridgehead atoms. The van der Waals surface area contributed by atoms with Crippen molar-refractivity contribution in [1.82, 2.24) is 15.2 Å². The minimum atomic E-state index is -4.76. The third kappa shape index (κ3) is 7.69. The van der Waals surface area contributed by atoms with Crippen LogP contribution in [0.2, 0.25) is 5.02 Å². The summed E-state index contributed by atoms with van der Waals surface area (Å²) in [7, 11) is 0. The predicted molar refractivity (Wildman–Crippen MR) is 153 cm³/mol. The van der Waals surface area contributed by atoms with E-state index >= 15 is 0 Å². The lowest BCUT2D eigenvalue weighted by molar-refractivity contribution is -0.274. The van der Waals surface area contributed by atoms with Crippen molar-refractivity contribution in [2.75, 3.05) is 44.2 Å². The predicted octanol–water partition coefficient (Wildman–Crippen LogP) is 4.54. The number of phenolic OH excluding ortho intramolecular Hbond substituents is 1. The summed E-state index contributed by atoms with van der Waals surface area (Å²) in [5, 5.41) is 24.8. The first-order chi connectivity index (χ1) is 20.5. The van der Waals surface area contributed by atoms with E-state index in [2.05, 4.69) is 24.8 Å². The van der Waals surface area contributed by atoms with Crippen molar-refractivity contribution >= 4 is 23.2 Å². The molecular weight excluding hydrogens is 589 g/mol. The molecule has 5 rings (SSSR count). The van der Waals surface area contributed by atoms with Gasteiger partial charge in [-0.2, -0.15) is 0 Å². The van der Waals surface area contributed by atoms with Gasteiger partial charge in [0.1, 0.15) is 17.6 Å². The molecule has 43 heavy (non-hydrogen) atoms. The zero-order chi connectivity index (χ0) is 30.6. The maximum absolute atomic E-state index is 12.7. The van der Waals surface area contributed by atoms with Gasteiger partial charge in [-0.3, -0.25) is 14.7 Å². The summed E-state index contributed by atoms with van der Waals surface area (Å²) < 4.78 is 48.0. The number of ether oxygens (including phenoxy) is 2. The van der Waals surface area contributed by atoms with E-state index in [0.717, 1.165) is 5.69 Å². The summed E-state index contributed by atoms with van der Waals surface area (Å²) >= 11 is 6.02. The van der Waals surface area contributed by atoms with Crippen LogP contribution in [0, 0.1) is 0 Å². The summed E-state index contributed by atoms with van der Waals surface area (Å²) in [6.07, 6.45) is -3.22. The average Bonchev–Trinajstić information content (AvgIpc) is 3.37. The van der Waals surface area contributed by atoms with E-state index in [0.29, 0.717) is 56.3 Å². The number of aromatic nitrogens is 1. The maximum atomic E-state index is 12.7. The quantitative estimate of drug-likeness (QED) is 0.320. The van der Waals surface area contributed by atoms with Gasteiger partial charge in [-0.1, -0.05) is 23.7 Å². The number of anilines is 1. The number of benzene rings is 2. The number of hydrogen-bond acceptors (Lipinski definition) is 8. The first-order valence-corrected chi connectivity index (χ1v) is 14.2. The van der Waals surface area contributed by atoms with Gasteiger partial charge in [0, 0.05) is 50.6 Å². The molecule has 9 nitrogen and oxygen atoms in total. The number of aliphatic hydroxyl groups excluding tert-OH is 1. The summed E-state index contributed by atoms with van der Waals surface area (Å²) in [5.41, 5.74) is 0.787. The molecule has 2 saturated heterocycles. The van der Waals surface area contributed by atoms with Crippen molar-refractivity contribution in [3.8, 4) is 11.5 Å². The fourth-order valence-corrected chi connectivity index (χ4v) is 5.83. The number of nitrogens with zero attached hydrogens (tertiary/aromatic N) is 3. The van der Waals surface area contributed by atoms with Gasteiger partial charge in [0.25, 0.3) is 5.91 Å². The molecule has 1 amide bonds. The Labute approximate surface area is 251 Å². The minimum absolute atomic E-state index is 0.120. The lowest BCUT2D eigenvalue weighted by atomic mass is 9.95. The third-order valence-electron chi connectivity index (χ3n) is 7.79. The average molecular weight is 621 g/mol. The molecule has 2 aliphatic heterocycles. The van der Waals surface area contributed by atoms with Crippen molar-refractivity contribution < 1.29 is 37.7 Å². The van der Waals surface area contributed by atoms with Crippen LogP contribution in [-0.2, 0) is 4.74 Å². The minimum Gasteiger partial charge on any atom is -0.507 e. The Balaban J connectivity index is 1.28. The van der Waals surface area contributed by atoms with E-state index < -0.39 is 30.0 Å². The Morgan fingerprint density at radius 2 is 1.88 bits per heavy atom. The molecule has 2 aliphatic rings. The van der Waals surface area contributed by atoms with Gasteiger partial charge >= 0.3 is 6.36 Å². The number of aliphatic hydroxyl groups is 1. The van der Waals surface area contributed by atoms with Crippen molar-refractivity contribution in [3.05, 3.63) is 83.1 Å². The molecule has 0 radical (unpaired) electrons. The standard InChI is InChI=1S/C30H32ClF3N4O5/c31-20-5-10-24(36-17-20)27(40)25(11-13-35-28(41)23-3-1-2-4-26(23)39)38-15-16-42-29(19-38)12-14-37(18-29)21-6-8-22(9-7-21)43-30(32,33)34/h1-10,17,25,27,39-40H,11-16,18-19H2,(H,35,41). The van der Waals surface area contributed by atoms with E-state index in [4.69, 9.17) is 16.3 Å². The van der Waals surface area contributed by atoms with Crippen LogP contribution in [0.1, 0.15) is 35.0 Å². The first kappa shape index (κ1) is 30.9. The van der Waals surface area contributed by atoms with E-state index in [1.807, 2.05) is 0 Å². The van der Waals surface area contributed by atoms with Gasteiger partial charge in [-0.25, -0.2) is 0 Å². The lowest BCUT2D eigenvalue weighted by Gasteiger charge is -2.45. The molecule has 3 aromatic rings. The molecule has 3 unspecified atom stereocenters. The van der Waals surface area contributed by atoms with Crippen LogP contribution < -0.4 is 15.0 Å². The van der Waals surface area contributed by atoms with Gasteiger partial charge in [0.2, 0.25) is 0 Å². The molecule has 230 valence electrons. The zero-order valence-electron chi connectivity index (χ0n) is 23.1. The number of carbonyl (C=O) groups is 1. The Bertz CT molecular complexity index is 1400. The highest BCUT2D eigenvalue weighted by atomic mass is 35.5. The molecule has 1 spiro atoms. The van der Waals surface area contributed by atoms with E-state index in [1.54, 1.807) is 36.4 Å². The van der Waals surface area contributed by atoms with E-state index in [9.17, 15) is 28.2 Å². The van der Waals surface area contributed by atoms with Gasteiger partial charge in [0.15, 0.2) is 0 Å². The molecular formula is C30H32ClF3N4O5. The molecule has 13 heteroatoms. The summed E-state index contributed by atoms with van der Waals surface area (Å²) in [6, 6.07) is 14.9.